The van der Waals surface area contributed by atoms with Crippen molar-refractivity contribution in [3.05, 3.63) is 35.9 Å². The molecule has 1 saturated carbocycles. The lowest BCUT2D eigenvalue weighted by atomic mass is 9.84. The summed E-state index contributed by atoms with van der Waals surface area (Å²) in [5, 5.41) is 9.51. The summed E-state index contributed by atoms with van der Waals surface area (Å²) in [5.41, 5.74) is -0.179. The second kappa shape index (κ2) is 4.98. The molecule has 1 saturated heterocycles. The normalized spacial score (nSPS) is 22.0. The largest absolute Gasteiger partial charge is 0.479 e. The molecule has 1 spiro atoms. The molecule has 5 heteroatoms. The van der Waals surface area contributed by atoms with Gasteiger partial charge in [0, 0.05) is 6.42 Å². The molecule has 3 rings (SSSR count). The number of aliphatic carboxylic acids is 1. The van der Waals surface area contributed by atoms with E-state index in [-0.39, 0.29) is 18.2 Å². The van der Waals surface area contributed by atoms with Gasteiger partial charge in [0.25, 0.3) is 0 Å². The van der Waals surface area contributed by atoms with Gasteiger partial charge in [0.05, 0.1) is 5.41 Å². The summed E-state index contributed by atoms with van der Waals surface area (Å²) >= 11 is 0. The fourth-order valence-electron chi connectivity index (χ4n) is 3.56. The van der Waals surface area contributed by atoms with Crippen molar-refractivity contribution in [2.75, 3.05) is 0 Å². The first-order chi connectivity index (χ1) is 10.1. The third-order valence-corrected chi connectivity index (χ3v) is 4.60. The van der Waals surface area contributed by atoms with Crippen molar-refractivity contribution in [1.82, 2.24) is 4.90 Å². The van der Waals surface area contributed by atoms with Gasteiger partial charge in [-0.15, -0.1) is 0 Å². The highest BCUT2D eigenvalue weighted by atomic mass is 16.4. The molecule has 2 amide bonds. The molecular weight excluding hydrogens is 270 g/mol. The minimum absolute atomic E-state index is 0.155. The molecule has 1 aliphatic heterocycles. The Morgan fingerprint density at radius 3 is 2.33 bits per heavy atom. The summed E-state index contributed by atoms with van der Waals surface area (Å²) in [5.74, 6) is -1.84. The zero-order valence-electron chi connectivity index (χ0n) is 11.6. The highest BCUT2D eigenvalue weighted by molar-refractivity contribution is 6.08. The number of carbonyl (C=O) groups is 3. The summed E-state index contributed by atoms with van der Waals surface area (Å²) in [7, 11) is 0. The van der Waals surface area contributed by atoms with Crippen molar-refractivity contribution < 1.29 is 19.5 Å². The molecule has 110 valence electrons. The van der Waals surface area contributed by atoms with Gasteiger partial charge >= 0.3 is 5.97 Å². The second-order valence-corrected chi connectivity index (χ2v) is 5.88. The second-order valence-electron chi connectivity index (χ2n) is 5.88. The van der Waals surface area contributed by atoms with Crippen LogP contribution in [0, 0.1) is 5.41 Å². The summed E-state index contributed by atoms with van der Waals surface area (Å²) in [6, 6.07) is 7.25. The minimum Gasteiger partial charge on any atom is -0.479 e. The number of rotatable bonds is 3. The van der Waals surface area contributed by atoms with Crippen molar-refractivity contribution in [2.45, 2.75) is 38.1 Å². The molecule has 1 aliphatic carbocycles. The number of carboxylic acid groups (broad SMARTS) is 1. The summed E-state index contributed by atoms with van der Waals surface area (Å²) in [4.78, 5) is 37.6. The molecule has 1 atom stereocenters. The number of amides is 2. The third kappa shape index (κ3) is 2.13. The lowest BCUT2D eigenvalue weighted by Crippen LogP contribution is -2.40. The van der Waals surface area contributed by atoms with E-state index < -0.39 is 17.4 Å². The van der Waals surface area contributed by atoms with Gasteiger partial charge < -0.3 is 5.11 Å². The zero-order chi connectivity index (χ0) is 15.0. The standard InChI is InChI=1S/C16H17NO4/c18-12-10-16(8-4-5-9-16)15(21)17(12)13(14(19)20)11-6-2-1-3-7-11/h1-3,6-7,13H,4-5,8-10H2,(H,19,20). The van der Waals surface area contributed by atoms with E-state index in [1.807, 2.05) is 0 Å². The summed E-state index contributed by atoms with van der Waals surface area (Å²) in [6.07, 6.45) is 3.39. The number of nitrogens with zero attached hydrogens (tertiary/aromatic N) is 1. The van der Waals surface area contributed by atoms with Crippen molar-refractivity contribution in [1.29, 1.82) is 0 Å². The molecule has 0 bridgehead atoms. The number of benzene rings is 1. The first-order valence-electron chi connectivity index (χ1n) is 7.19. The van der Waals surface area contributed by atoms with Crippen LogP contribution in [0.5, 0.6) is 0 Å². The number of likely N-dealkylation sites (tertiary alicyclic amines) is 1. The van der Waals surface area contributed by atoms with E-state index in [0.29, 0.717) is 18.4 Å². The average Bonchev–Trinajstić information content (AvgIpc) is 3.01. The predicted octanol–water partition coefficient (Wildman–Crippen LogP) is 2.13. The molecule has 5 nitrogen and oxygen atoms in total. The van der Waals surface area contributed by atoms with Gasteiger partial charge in [0.2, 0.25) is 11.8 Å². The fraction of sp³-hybridized carbons (Fsp3) is 0.438. The lowest BCUT2D eigenvalue weighted by molar-refractivity contribution is -0.156. The smallest absolute Gasteiger partial charge is 0.331 e. The Morgan fingerprint density at radius 2 is 1.76 bits per heavy atom. The van der Waals surface area contributed by atoms with E-state index >= 15 is 0 Å². The van der Waals surface area contributed by atoms with Gasteiger partial charge in [0.1, 0.15) is 0 Å². The average molecular weight is 287 g/mol. The molecule has 0 radical (unpaired) electrons. The van der Waals surface area contributed by atoms with Crippen LogP contribution in [0.25, 0.3) is 0 Å². The maximum atomic E-state index is 12.7. The van der Waals surface area contributed by atoms with Gasteiger partial charge in [-0.05, 0) is 18.4 Å². The molecule has 1 aromatic carbocycles. The van der Waals surface area contributed by atoms with E-state index in [4.69, 9.17) is 0 Å². The SMILES string of the molecule is O=C(O)C(c1ccccc1)N1C(=O)CC2(CCCC2)C1=O. The molecule has 1 heterocycles. The molecule has 21 heavy (non-hydrogen) atoms. The predicted molar refractivity (Wildman–Crippen MR) is 74.2 cm³/mol. The van der Waals surface area contributed by atoms with E-state index in [1.54, 1.807) is 30.3 Å². The van der Waals surface area contributed by atoms with Crippen molar-refractivity contribution >= 4 is 17.8 Å². The minimum atomic E-state index is -1.22. The van der Waals surface area contributed by atoms with Gasteiger partial charge in [-0.25, -0.2) is 4.79 Å². The van der Waals surface area contributed by atoms with Crippen LogP contribution in [0.15, 0.2) is 30.3 Å². The van der Waals surface area contributed by atoms with Crippen LogP contribution in [-0.4, -0.2) is 27.8 Å². The molecule has 0 aromatic heterocycles. The van der Waals surface area contributed by atoms with Crippen LogP contribution in [0.3, 0.4) is 0 Å². The van der Waals surface area contributed by atoms with E-state index in [1.165, 1.54) is 0 Å². The molecular formula is C16H17NO4. The highest BCUT2D eigenvalue weighted by Crippen LogP contribution is 2.48. The highest BCUT2D eigenvalue weighted by Gasteiger charge is 2.55. The summed E-state index contributed by atoms with van der Waals surface area (Å²) in [6.45, 7) is 0. The summed E-state index contributed by atoms with van der Waals surface area (Å²) < 4.78 is 0. The van der Waals surface area contributed by atoms with E-state index in [2.05, 4.69) is 0 Å². The Labute approximate surface area is 122 Å². The van der Waals surface area contributed by atoms with Crippen LogP contribution >= 0.6 is 0 Å². The topological polar surface area (TPSA) is 74.7 Å². The van der Waals surface area contributed by atoms with Gasteiger partial charge in [-0.3, -0.25) is 14.5 Å². The molecule has 1 unspecified atom stereocenters. The molecule has 1 N–H and O–H groups in total. The maximum Gasteiger partial charge on any atom is 0.331 e. The van der Waals surface area contributed by atoms with Crippen LogP contribution < -0.4 is 0 Å². The van der Waals surface area contributed by atoms with Crippen LogP contribution in [0.4, 0.5) is 0 Å². The van der Waals surface area contributed by atoms with Crippen LogP contribution in [-0.2, 0) is 14.4 Å². The Hall–Kier alpha value is -2.17. The number of imide groups is 1. The number of hydrogen-bond donors (Lipinski definition) is 1. The first-order valence-corrected chi connectivity index (χ1v) is 7.19. The Balaban J connectivity index is 1.99. The first kappa shape index (κ1) is 13.8. The van der Waals surface area contributed by atoms with Gasteiger partial charge in [-0.2, -0.15) is 0 Å². The number of hydrogen-bond acceptors (Lipinski definition) is 3. The van der Waals surface area contributed by atoms with Crippen molar-refractivity contribution in [3.63, 3.8) is 0 Å². The quantitative estimate of drug-likeness (QED) is 0.864. The molecule has 2 fully saturated rings. The monoisotopic (exact) mass is 287 g/mol. The van der Waals surface area contributed by atoms with E-state index in [9.17, 15) is 19.5 Å². The van der Waals surface area contributed by atoms with E-state index in [0.717, 1.165) is 17.7 Å². The third-order valence-electron chi connectivity index (χ3n) is 4.60. The number of carbonyl (C=O) groups excluding carboxylic acids is 2. The van der Waals surface area contributed by atoms with Crippen molar-refractivity contribution in [3.8, 4) is 0 Å². The van der Waals surface area contributed by atoms with Gasteiger partial charge in [-0.1, -0.05) is 43.2 Å². The van der Waals surface area contributed by atoms with Crippen molar-refractivity contribution in [2.24, 2.45) is 5.41 Å². The molecule has 2 aliphatic rings. The van der Waals surface area contributed by atoms with Gasteiger partial charge in [0.15, 0.2) is 6.04 Å². The number of carboxylic acids is 1. The zero-order valence-corrected chi connectivity index (χ0v) is 11.6. The lowest BCUT2D eigenvalue weighted by Gasteiger charge is -2.26. The Kier molecular flexibility index (Phi) is 3.27. The fourth-order valence-corrected chi connectivity index (χ4v) is 3.56. The van der Waals surface area contributed by atoms with Crippen LogP contribution in [0.2, 0.25) is 0 Å². The van der Waals surface area contributed by atoms with Crippen LogP contribution in [0.1, 0.15) is 43.7 Å². The Bertz CT molecular complexity index is 590. The Morgan fingerprint density at radius 1 is 1.14 bits per heavy atom. The molecule has 1 aromatic rings. The maximum absolute atomic E-state index is 12.7.